The van der Waals surface area contributed by atoms with E-state index in [-0.39, 0.29) is 29.5 Å². The minimum absolute atomic E-state index is 0.0194. The van der Waals surface area contributed by atoms with E-state index in [1.54, 1.807) is 12.1 Å². The topological polar surface area (TPSA) is 108 Å². The number of carbonyl (C=O) groups excluding carboxylic acids is 2. The lowest BCUT2D eigenvalue weighted by Gasteiger charge is -2.19. The van der Waals surface area contributed by atoms with Crippen molar-refractivity contribution >= 4 is 17.6 Å². The summed E-state index contributed by atoms with van der Waals surface area (Å²) in [6, 6.07) is 17.0. The predicted octanol–water partition coefficient (Wildman–Crippen LogP) is 2.32. The van der Waals surface area contributed by atoms with Gasteiger partial charge in [0.2, 0.25) is 11.8 Å². The average molecular weight is 378 g/mol. The molecule has 2 aromatic rings. The first-order valence-electron chi connectivity index (χ1n) is 9.57. The zero-order chi connectivity index (χ0) is 19.9. The van der Waals surface area contributed by atoms with Crippen LogP contribution in [0, 0.1) is 17.2 Å². The molecule has 1 saturated carbocycles. The molecule has 1 aliphatic carbocycles. The van der Waals surface area contributed by atoms with Crippen molar-refractivity contribution in [2.75, 3.05) is 0 Å². The first-order valence-corrected chi connectivity index (χ1v) is 9.57. The van der Waals surface area contributed by atoms with Gasteiger partial charge in [0.05, 0.1) is 0 Å². The lowest BCUT2D eigenvalue weighted by Crippen LogP contribution is -2.39. The zero-order valence-electron chi connectivity index (χ0n) is 15.8. The highest BCUT2D eigenvalue weighted by Gasteiger charge is 2.37. The third kappa shape index (κ3) is 4.97. The molecule has 2 amide bonds. The van der Waals surface area contributed by atoms with Gasteiger partial charge in [0.15, 0.2) is 0 Å². The molecule has 1 fully saturated rings. The first-order chi connectivity index (χ1) is 13.5. The van der Waals surface area contributed by atoms with E-state index in [1.165, 1.54) is 0 Å². The number of hydrogen-bond donors (Lipinski definition) is 4. The number of hydrogen-bond acceptors (Lipinski definition) is 3. The molecule has 3 rings (SSSR count). The Morgan fingerprint density at radius 1 is 0.857 bits per heavy atom. The van der Waals surface area contributed by atoms with Gasteiger partial charge in [-0.2, -0.15) is 0 Å². The Hall–Kier alpha value is -3.15. The maximum Gasteiger partial charge on any atom is 0.224 e. The van der Waals surface area contributed by atoms with E-state index in [2.05, 4.69) is 10.6 Å². The van der Waals surface area contributed by atoms with Crippen LogP contribution < -0.4 is 16.4 Å². The van der Waals surface area contributed by atoms with Crippen LogP contribution in [0.15, 0.2) is 54.6 Å². The summed E-state index contributed by atoms with van der Waals surface area (Å²) in [6.07, 6.45) is 2.36. The molecule has 2 atom stereocenters. The summed E-state index contributed by atoms with van der Waals surface area (Å²) in [5.41, 5.74) is 8.08. The van der Waals surface area contributed by atoms with Gasteiger partial charge in [-0.1, -0.05) is 61.0 Å². The molecule has 5 N–H and O–H groups in total. The van der Waals surface area contributed by atoms with Gasteiger partial charge in [-0.3, -0.25) is 15.0 Å². The van der Waals surface area contributed by atoms with E-state index < -0.39 is 0 Å². The molecule has 1 aliphatic rings. The fourth-order valence-electron chi connectivity index (χ4n) is 3.63. The minimum atomic E-state index is -0.285. The van der Waals surface area contributed by atoms with Gasteiger partial charge in [-0.05, 0) is 24.0 Å². The van der Waals surface area contributed by atoms with Crippen molar-refractivity contribution in [3.63, 3.8) is 0 Å². The van der Waals surface area contributed by atoms with Crippen molar-refractivity contribution < 1.29 is 9.59 Å². The molecule has 28 heavy (non-hydrogen) atoms. The highest BCUT2D eigenvalue weighted by molar-refractivity contribution is 5.94. The van der Waals surface area contributed by atoms with Crippen LogP contribution in [0.3, 0.4) is 0 Å². The quantitative estimate of drug-likeness (QED) is 0.438. The summed E-state index contributed by atoms with van der Waals surface area (Å²) in [6.45, 7) is 0.874. The Balaban J connectivity index is 1.52. The number of carbonyl (C=O) groups is 2. The smallest absolute Gasteiger partial charge is 0.224 e. The maximum atomic E-state index is 12.6. The number of nitrogens with one attached hydrogen (secondary N) is 3. The van der Waals surface area contributed by atoms with Crippen LogP contribution in [-0.2, 0) is 22.7 Å². The minimum Gasteiger partial charge on any atom is -0.384 e. The van der Waals surface area contributed by atoms with Crippen LogP contribution >= 0.6 is 0 Å². The van der Waals surface area contributed by atoms with Gasteiger partial charge in [-0.15, -0.1) is 0 Å². The molecule has 0 spiro atoms. The highest BCUT2D eigenvalue weighted by Crippen LogP contribution is 2.32. The van der Waals surface area contributed by atoms with E-state index in [0.717, 1.165) is 30.4 Å². The van der Waals surface area contributed by atoms with Crippen molar-refractivity contribution in [1.29, 1.82) is 5.41 Å². The first kappa shape index (κ1) is 19.6. The number of benzene rings is 2. The Kier molecular flexibility index (Phi) is 6.42. The van der Waals surface area contributed by atoms with Gasteiger partial charge in [0.25, 0.3) is 0 Å². The summed E-state index contributed by atoms with van der Waals surface area (Å²) in [5.74, 6) is -0.665. The van der Waals surface area contributed by atoms with Crippen LogP contribution in [0.5, 0.6) is 0 Å². The lowest BCUT2D eigenvalue weighted by atomic mass is 9.94. The van der Waals surface area contributed by atoms with Crippen molar-refractivity contribution in [3.05, 3.63) is 71.3 Å². The molecule has 0 aromatic heterocycles. The largest absolute Gasteiger partial charge is 0.384 e. The van der Waals surface area contributed by atoms with Crippen LogP contribution in [0.1, 0.15) is 36.0 Å². The lowest BCUT2D eigenvalue weighted by molar-refractivity contribution is -0.133. The zero-order valence-corrected chi connectivity index (χ0v) is 15.8. The fraction of sp³-hybridized carbons (Fsp3) is 0.318. The molecular weight excluding hydrogens is 352 g/mol. The Bertz CT molecular complexity index is 833. The second-order valence-electron chi connectivity index (χ2n) is 7.18. The molecule has 146 valence electrons. The molecule has 0 heterocycles. The van der Waals surface area contributed by atoms with Crippen molar-refractivity contribution in [1.82, 2.24) is 10.6 Å². The Morgan fingerprint density at radius 3 is 1.86 bits per heavy atom. The second kappa shape index (κ2) is 9.17. The summed E-state index contributed by atoms with van der Waals surface area (Å²) < 4.78 is 0. The van der Waals surface area contributed by atoms with E-state index >= 15 is 0 Å². The van der Waals surface area contributed by atoms with Crippen molar-refractivity contribution in [3.8, 4) is 0 Å². The third-order valence-electron chi connectivity index (χ3n) is 5.23. The molecule has 6 nitrogen and oxygen atoms in total. The van der Waals surface area contributed by atoms with Crippen molar-refractivity contribution in [2.24, 2.45) is 17.6 Å². The van der Waals surface area contributed by atoms with Crippen LogP contribution in [0.4, 0.5) is 0 Å². The fourth-order valence-corrected chi connectivity index (χ4v) is 3.63. The van der Waals surface area contributed by atoms with Gasteiger partial charge in [0, 0.05) is 30.5 Å². The van der Waals surface area contributed by atoms with E-state index in [4.69, 9.17) is 11.1 Å². The monoisotopic (exact) mass is 378 g/mol. The molecule has 2 aromatic carbocycles. The van der Waals surface area contributed by atoms with Gasteiger partial charge in [0.1, 0.15) is 5.84 Å². The van der Waals surface area contributed by atoms with Crippen LogP contribution in [0.25, 0.3) is 0 Å². The number of amidine groups is 1. The summed E-state index contributed by atoms with van der Waals surface area (Å²) in [5, 5.41) is 13.3. The van der Waals surface area contributed by atoms with Crippen molar-refractivity contribution in [2.45, 2.75) is 32.4 Å². The average Bonchev–Trinajstić information content (AvgIpc) is 3.21. The van der Waals surface area contributed by atoms with E-state index in [9.17, 15) is 9.59 Å². The SMILES string of the molecule is N=C(N)c1ccc(CNC(=O)[C@@H]2CCC[C@H]2C(=O)NCc2ccccc2)cc1. The number of nitrogen functional groups attached to an aromatic ring is 1. The van der Waals surface area contributed by atoms with Crippen LogP contribution in [0.2, 0.25) is 0 Å². The molecule has 0 unspecified atom stereocenters. The molecule has 0 saturated heterocycles. The summed E-state index contributed by atoms with van der Waals surface area (Å²) >= 11 is 0. The van der Waals surface area contributed by atoms with E-state index in [1.807, 2.05) is 42.5 Å². The Morgan fingerprint density at radius 2 is 1.36 bits per heavy atom. The Labute approximate surface area is 165 Å². The standard InChI is InChI=1S/C22H26N4O2/c23-20(24)17-11-9-16(10-12-17)14-26-22(28)19-8-4-7-18(19)21(27)25-13-15-5-2-1-3-6-15/h1-3,5-6,9-12,18-19H,4,7-8,13-14H2,(H3,23,24)(H,25,27)(H,26,28)/t18-,19-/m1/s1. The highest BCUT2D eigenvalue weighted by atomic mass is 16.2. The number of amides is 2. The predicted molar refractivity (Wildman–Crippen MR) is 108 cm³/mol. The molecule has 0 radical (unpaired) electrons. The van der Waals surface area contributed by atoms with E-state index in [0.29, 0.717) is 18.7 Å². The summed E-state index contributed by atoms with van der Waals surface area (Å²) in [4.78, 5) is 25.2. The van der Waals surface area contributed by atoms with Crippen LogP contribution in [-0.4, -0.2) is 17.6 Å². The maximum absolute atomic E-state index is 12.6. The normalized spacial score (nSPS) is 18.4. The molecular formula is C22H26N4O2. The molecule has 0 aliphatic heterocycles. The molecule has 6 heteroatoms. The van der Waals surface area contributed by atoms with Gasteiger partial charge in [-0.25, -0.2) is 0 Å². The number of nitrogens with two attached hydrogens (primary N) is 1. The van der Waals surface area contributed by atoms with Gasteiger partial charge < -0.3 is 16.4 Å². The second-order valence-corrected chi connectivity index (χ2v) is 7.18. The summed E-state index contributed by atoms with van der Waals surface area (Å²) in [7, 11) is 0. The molecule has 0 bridgehead atoms. The third-order valence-corrected chi connectivity index (χ3v) is 5.23. The van der Waals surface area contributed by atoms with Gasteiger partial charge >= 0.3 is 0 Å². The number of rotatable bonds is 7.